The van der Waals surface area contributed by atoms with Crippen LogP contribution in [0.3, 0.4) is 0 Å². The summed E-state index contributed by atoms with van der Waals surface area (Å²) in [5, 5.41) is 9.38. The maximum atomic E-state index is 9.38. The molecule has 0 aliphatic heterocycles. The van der Waals surface area contributed by atoms with E-state index < -0.39 is 0 Å². The number of furan rings is 1. The standard InChI is InChI=1S/C15H11N5O2/c16-8-11-13(12-2-1-7-21-12)19-15(17)20-14(11)22-9-10-3-5-18-6-4-10/h1-7H,9H2,(H2,17,19,20). The molecule has 0 atom stereocenters. The summed E-state index contributed by atoms with van der Waals surface area (Å²) in [5.41, 5.74) is 7.08. The first-order valence-electron chi connectivity index (χ1n) is 6.41. The van der Waals surface area contributed by atoms with Crippen LogP contribution in [-0.2, 0) is 6.61 Å². The zero-order valence-electron chi connectivity index (χ0n) is 11.4. The number of hydrogen-bond acceptors (Lipinski definition) is 7. The Hall–Kier alpha value is -3.40. The van der Waals surface area contributed by atoms with E-state index in [1.165, 1.54) is 6.26 Å². The SMILES string of the molecule is N#Cc1c(OCc2ccncc2)nc(N)nc1-c1ccco1. The van der Waals surface area contributed by atoms with Crippen LogP contribution < -0.4 is 10.5 Å². The van der Waals surface area contributed by atoms with Gasteiger partial charge in [-0.05, 0) is 29.8 Å². The summed E-state index contributed by atoms with van der Waals surface area (Å²) in [6, 6.07) is 9.05. The number of rotatable bonds is 4. The summed E-state index contributed by atoms with van der Waals surface area (Å²) in [6.45, 7) is 0.241. The van der Waals surface area contributed by atoms with Gasteiger partial charge < -0.3 is 14.9 Å². The first-order chi connectivity index (χ1) is 10.8. The molecule has 22 heavy (non-hydrogen) atoms. The summed E-state index contributed by atoms with van der Waals surface area (Å²) < 4.78 is 10.9. The molecule has 2 N–H and O–H groups in total. The van der Waals surface area contributed by atoms with Crippen LogP contribution >= 0.6 is 0 Å². The second kappa shape index (κ2) is 5.93. The molecule has 0 bridgehead atoms. The van der Waals surface area contributed by atoms with Gasteiger partial charge in [0.25, 0.3) is 0 Å². The van der Waals surface area contributed by atoms with E-state index in [4.69, 9.17) is 14.9 Å². The second-order valence-electron chi connectivity index (χ2n) is 4.34. The van der Waals surface area contributed by atoms with Crippen molar-refractivity contribution < 1.29 is 9.15 Å². The van der Waals surface area contributed by atoms with Crippen molar-refractivity contribution in [1.29, 1.82) is 5.26 Å². The van der Waals surface area contributed by atoms with Crippen LogP contribution in [0.2, 0.25) is 0 Å². The zero-order chi connectivity index (χ0) is 15.4. The van der Waals surface area contributed by atoms with Crippen LogP contribution in [0.1, 0.15) is 11.1 Å². The topological polar surface area (TPSA) is 111 Å². The molecule has 0 unspecified atom stereocenters. The van der Waals surface area contributed by atoms with Gasteiger partial charge in [-0.3, -0.25) is 4.98 Å². The average Bonchev–Trinajstić information content (AvgIpc) is 3.07. The molecule has 3 aromatic rings. The number of nitrogen functional groups attached to an aromatic ring is 1. The minimum absolute atomic E-state index is 0.00938. The first kappa shape index (κ1) is 13.6. The Morgan fingerprint density at radius 3 is 2.73 bits per heavy atom. The third-order valence-electron chi connectivity index (χ3n) is 2.88. The van der Waals surface area contributed by atoms with Crippen molar-refractivity contribution in [3.05, 3.63) is 54.0 Å². The van der Waals surface area contributed by atoms with Gasteiger partial charge in [-0.2, -0.15) is 10.2 Å². The van der Waals surface area contributed by atoms with Gasteiger partial charge in [0.15, 0.2) is 5.76 Å². The summed E-state index contributed by atoms with van der Waals surface area (Å²) in [6.07, 6.45) is 4.81. The fourth-order valence-corrected chi connectivity index (χ4v) is 1.88. The van der Waals surface area contributed by atoms with Gasteiger partial charge in [0, 0.05) is 12.4 Å². The minimum Gasteiger partial charge on any atom is -0.472 e. The van der Waals surface area contributed by atoms with E-state index in [0.29, 0.717) is 11.5 Å². The highest BCUT2D eigenvalue weighted by Crippen LogP contribution is 2.28. The lowest BCUT2D eigenvalue weighted by Gasteiger charge is -2.09. The predicted molar refractivity (Wildman–Crippen MR) is 77.4 cm³/mol. The van der Waals surface area contributed by atoms with Crippen molar-refractivity contribution in [1.82, 2.24) is 15.0 Å². The van der Waals surface area contributed by atoms with E-state index >= 15 is 0 Å². The van der Waals surface area contributed by atoms with Crippen molar-refractivity contribution in [2.75, 3.05) is 5.73 Å². The quantitative estimate of drug-likeness (QED) is 0.784. The molecular formula is C15H11N5O2. The van der Waals surface area contributed by atoms with Gasteiger partial charge in [-0.25, -0.2) is 4.98 Å². The number of aromatic nitrogens is 3. The normalized spacial score (nSPS) is 10.1. The molecule has 0 fully saturated rings. The Kier molecular flexibility index (Phi) is 3.66. The third kappa shape index (κ3) is 2.71. The lowest BCUT2D eigenvalue weighted by Crippen LogP contribution is -2.05. The summed E-state index contributed by atoms with van der Waals surface area (Å²) in [5.74, 6) is 0.563. The Labute approximate surface area is 126 Å². The van der Waals surface area contributed by atoms with Crippen LogP contribution in [0.5, 0.6) is 5.88 Å². The first-order valence-corrected chi connectivity index (χ1v) is 6.41. The number of nitriles is 1. The molecule has 0 saturated carbocycles. The van der Waals surface area contributed by atoms with Crippen molar-refractivity contribution in [2.45, 2.75) is 6.61 Å². The Morgan fingerprint density at radius 1 is 1.23 bits per heavy atom. The number of nitrogens with zero attached hydrogens (tertiary/aromatic N) is 4. The van der Waals surface area contributed by atoms with E-state index in [9.17, 15) is 5.26 Å². The van der Waals surface area contributed by atoms with Crippen molar-refractivity contribution >= 4 is 5.95 Å². The molecule has 0 aromatic carbocycles. The molecule has 0 saturated heterocycles. The second-order valence-corrected chi connectivity index (χ2v) is 4.34. The maximum absolute atomic E-state index is 9.38. The van der Waals surface area contributed by atoms with Crippen LogP contribution in [0.4, 0.5) is 5.95 Å². The molecule has 108 valence electrons. The Balaban J connectivity index is 1.96. The maximum Gasteiger partial charge on any atom is 0.237 e. The van der Waals surface area contributed by atoms with Gasteiger partial charge in [-0.15, -0.1) is 0 Å². The monoisotopic (exact) mass is 293 g/mol. The Morgan fingerprint density at radius 2 is 2.05 bits per heavy atom. The summed E-state index contributed by atoms with van der Waals surface area (Å²) >= 11 is 0. The molecule has 3 rings (SSSR count). The molecule has 7 nitrogen and oxygen atoms in total. The molecule has 3 aromatic heterocycles. The third-order valence-corrected chi connectivity index (χ3v) is 2.88. The number of nitrogens with two attached hydrogens (primary N) is 1. The average molecular weight is 293 g/mol. The van der Waals surface area contributed by atoms with Crippen LogP contribution in [-0.4, -0.2) is 15.0 Å². The van der Waals surface area contributed by atoms with E-state index in [1.54, 1.807) is 24.5 Å². The van der Waals surface area contributed by atoms with E-state index in [2.05, 4.69) is 15.0 Å². The number of pyridine rings is 1. The highest BCUT2D eigenvalue weighted by Gasteiger charge is 2.18. The lowest BCUT2D eigenvalue weighted by atomic mass is 10.2. The molecule has 0 radical (unpaired) electrons. The molecule has 0 spiro atoms. The highest BCUT2D eigenvalue weighted by atomic mass is 16.5. The van der Waals surface area contributed by atoms with E-state index in [0.717, 1.165) is 5.56 Å². The fraction of sp³-hybridized carbons (Fsp3) is 0.0667. The summed E-state index contributed by atoms with van der Waals surface area (Å²) in [7, 11) is 0. The Bertz CT molecular complexity index is 810. The molecule has 0 aliphatic rings. The van der Waals surface area contributed by atoms with Crippen LogP contribution in [0, 0.1) is 11.3 Å². The molecule has 0 aliphatic carbocycles. The van der Waals surface area contributed by atoms with Gasteiger partial charge >= 0.3 is 0 Å². The van der Waals surface area contributed by atoms with Crippen molar-refractivity contribution in [3.63, 3.8) is 0 Å². The van der Waals surface area contributed by atoms with E-state index in [-0.39, 0.29) is 24.0 Å². The smallest absolute Gasteiger partial charge is 0.237 e. The largest absolute Gasteiger partial charge is 0.472 e. The lowest BCUT2D eigenvalue weighted by molar-refractivity contribution is 0.293. The molecule has 3 heterocycles. The van der Waals surface area contributed by atoms with Gasteiger partial charge in [-0.1, -0.05) is 0 Å². The zero-order valence-corrected chi connectivity index (χ0v) is 11.4. The van der Waals surface area contributed by atoms with Crippen molar-refractivity contribution in [3.8, 4) is 23.4 Å². The predicted octanol–water partition coefficient (Wildman–Crippen LogP) is 2.16. The number of ether oxygens (including phenoxy) is 1. The van der Waals surface area contributed by atoms with E-state index in [1.807, 2.05) is 18.2 Å². The van der Waals surface area contributed by atoms with Gasteiger partial charge in [0.05, 0.1) is 6.26 Å². The van der Waals surface area contributed by atoms with Gasteiger partial charge in [0.1, 0.15) is 23.9 Å². The molecular weight excluding hydrogens is 282 g/mol. The van der Waals surface area contributed by atoms with Gasteiger partial charge in [0.2, 0.25) is 11.8 Å². The van der Waals surface area contributed by atoms with Crippen LogP contribution in [0.15, 0.2) is 47.3 Å². The molecule has 0 amide bonds. The highest BCUT2D eigenvalue weighted by molar-refractivity contribution is 5.65. The van der Waals surface area contributed by atoms with Crippen molar-refractivity contribution in [2.24, 2.45) is 0 Å². The summed E-state index contributed by atoms with van der Waals surface area (Å²) in [4.78, 5) is 12.0. The van der Waals surface area contributed by atoms with Crippen LogP contribution in [0.25, 0.3) is 11.5 Å². The fourth-order valence-electron chi connectivity index (χ4n) is 1.88. The molecule has 7 heteroatoms. The number of anilines is 1. The number of hydrogen-bond donors (Lipinski definition) is 1. The minimum atomic E-state index is 0.00938.